The Hall–Kier alpha value is -3.84. The van der Waals surface area contributed by atoms with Gasteiger partial charge in [-0.25, -0.2) is 0 Å². The van der Waals surface area contributed by atoms with Gasteiger partial charge in [0.1, 0.15) is 11.5 Å². The van der Waals surface area contributed by atoms with E-state index >= 15 is 0 Å². The SMILES string of the molecule is COc1cc(C)c(CNC(=O)c2cccc3c2CN(Cc2ccccc2)CC(=O)NCCCCCO3)cc1C(C)C. The molecule has 2 N–H and O–H groups in total. The highest BCUT2D eigenvalue weighted by Gasteiger charge is 2.21. The molecule has 1 aliphatic rings. The summed E-state index contributed by atoms with van der Waals surface area (Å²) in [6.07, 6.45) is 2.75. The van der Waals surface area contributed by atoms with Crippen LogP contribution >= 0.6 is 0 Å². The molecule has 7 nitrogen and oxygen atoms in total. The summed E-state index contributed by atoms with van der Waals surface area (Å²) in [6.45, 7) is 9.13. The van der Waals surface area contributed by atoms with Crippen LogP contribution in [0.1, 0.15) is 77.2 Å². The van der Waals surface area contributed by atoms with Crippen LogP contribution in [-0.4, -0.2) is 43.5 Å². The highest BCUT2D eigenvalue weighted by atomic mass is 16.5. The number of methoxy groups -OCH3 is 1. The summed E-state index contributed by atoms with van der Waals surface area (Å²) in [4.78, 5) is 28.6. The molecule has 0 bridgehead atoms. The van der Waals surface area contributed by atoms with Crippen molar-refractivity contribution in [1.82, 2.24) is 15.5 Å². The van der Waals surface area contributed by atoms with Crippen LogP contribution in [0.2, 0.25) is 0 Å². The van der Waals surface area contributed by atoms with Crippen LogP contribution in [0.15, 0.2) is 60.7 Å². The molecule has 3 aromatic carbocycles. The van der Waals surface area contributed by atoms with Crippen LogP contribution in [0.25, 0.3) is 0 Å². The molecule has 4 rings (SSSR count). The molecule has 3 aromatic rings. The summed E-state index contributed by atoms with van der Waals surface area (Å²) in [5, 5.41) is 6.20. The van der Waals surface area contributed by atoms with Gasteiger partial charge in [0.15, 0.2) is 0 Å². The van der Waals surface area contributed by atoms with E-state index in [0.29, 0.717) is 50.0 Å². The number of benzene rings is 3. The van der Waals surface area contributed by atoms with Gasteiger partial charge in [-0.2, -0.15) is 0 Å². The molecule has 0 fully saturated rings. The van der Waals surface area contributed by atoms with Crippen LogP contribution in [0.5, 0.6) is 11.5 Å². The molecule has 1 heterocycles. The molecule has 0 radical (unpaired) electrons. The van der Waals surface area contributed by atoms with Gasteiger partial charge in [-0.3, -0.25) is 14.5 Å². The summed E-state index contributed by atoms with van der Waals surface area (Å²) in [6, 6.07) is 19.9. The molecule has 0 atom stereocenters. The third-order valence-corrected chi connectivity index (χ3v) is 7.53. The Morgan fingerprint density at radius 3 is 2.61 bits per heavy atom. The van der Waals surface area contributed by atoms with Crippen molar-refractivity contribution < 1.29 is 19.1 Å². The minimum absolute atomic E-state index is 0.0134. The number of nitrogens with zero attached hydrogens (tertiary/aromatic N) is 1. The summed E-state index contributed by atoms with van der Waals surface area (Å²) >= 11 is 0. The van der Waals surface area contributed by atoms with Gasteiger partial charge in [0.05, 0.1) is 20.3 Å². The fourth-order valence-corrected chi connectivity index (χ4v) is 5.22. The highest BCUT2D eigenvalue weighted by Crippen LogP contribution is 2.30. The third kappa shape index (κ3) is 8.33. The van der Waals surface area contributed by atoms with Crippen LogP contribution in [0.3, 0.4) is 0 Å². The standard InChI is InChI=1S/C34H43N3O4/c1-24(2)29-19-27(25(3)18-32(29)40-4)20-36-34(39)28-14-11-15-31-30(28)22-37(21-26-12-7-5-8-13-26)23-33(38)35-16-9-6-10-17-41-31/h5,7-8,11-15,18-19,24H,6,9-10,16-17,20-23H2,1-4H3,(H,35,38)(H,36,39). The quantitative estimate of drug-likeness (QED) is 0.387. The first-order valence-electron chi connectivity index (χ1n) is 14.6. The molecule has 41 heavy (non-hydrogen) atoms. The Morgan fingerprint density at radius 2 is 1.85 bits per heavy atom. The highest BCUT2D eigenvalue weighted by molar-refractivity contribution is 5.96. The van der Waals surface area contributed by atoms with Gasteiger partial charge in [-0.15, -0.1) is 0 Å². The average molecular weight is 558 g/mol. The average Bonchev–Trinajstić information content (AvgIpc) is 2.97. The van der Waals surface area contributed by atoms with Crippen molar-refractivity contribution >= 4 is 11.8 Å². The second-order valence-electron chi connectivity index (χ2n) is 11.0. The largest absolute Gasteiger partial charge is 0.496 e. The number of fused-ring (bicyclic) bond motifs is 1. The number of nitrogens with one attached hydrogen (secondary N) is 2. The van der Waals surface area contributed by atoms with Crippen LogP contribution < -0.4 is 20.1 Å². The van der Waals surface area contributed by atoms with Crippen molar-refractivity contribution in [2.45, 2.75) is 65.6 Å². The van der Waals surface area contributed by atoms with Gasteiger partial charge in [-0.1, -0.05) is 50.2 Å². The zero-order chi connectivity index (χ0) is 29.2. The van der Waals surface area contributed by atoms with Gasteiger partial charge < -0.3 is 20.1 Å². The molecule has 0 spiro atoms. The molecule has 7 heteroatoms. The third-order valence-electron chi connectivity index (χ3n) is 7.53. The molecule has 1 aliphatic heterocycles. The molecular weight excluding hydrogens is 514 g/mol. The molecule has 2 amide bonds. The minimum atomic E-state index is -0.166. The minimum Gasteiger partial charge on any atom is -0.496 e. The summed E-state index contributed by atoms with van der Waals surface area (Å²) in [5.74, 6) is 1.68. The molecule has 0 saturated carbocycles. The van der Waals surface area contributed by atoms with E-state index in [9.17, 15) is 9.59 Å². The fraction of sp³-hybridized carbons (Fsp3) is 0.412. The number of rotatable bonds is 7. The summed E-state index contributed by atoms with van der Waals surface area (Å²) in [5.41, 5.74) is 5.69. The predicted molar refractivity (Wildman–Crippen MR) is 162 cm³/mol. The number of ether oxygens (including phenoxy) is 2. The zero-order valence-corrected chi connectivity index (χ0v) is 24.8. The first kappa shape index (κ1) is 30.1. The van der Waals surface area contributed by atoms with Crippen LogP contribution in [0.4, 0.5) is 0 Å². The van der Waals surface area contributed by atoms with Crippen molar-refractivity contribution in [3.05, 3.63) is 94.0 Å². The van der Waals surface area contributed by atoms with E-state index in [-0.39, 0.29) is 18.4 Å². The van der Waals surface area contributed by atoms with E-state index in [0.717, 1.165) is 52.8 Å². The number of amides is 2. The predicted octanol–water partition coefficient (Wildman–Crippen LogP) is 5.74. The monoisotopic (exact) mass is 557 g/mol. The van der Waals surface area contributed by atoms with E-state index in [4.69, 9.17) is 9.47 Å². The Labute approximate surface area is 244 Å². The van der Waals surface area contributed by atoms with Gasteiger partial charge in [0.2, 0.25) is 5.91 Å². The Bertz CT molecular complexity index is 1320. The molecule has 218 valence electrons. The fourth-order valence-electron chi connectivity index (χ4n) is 5.22. The van der Waals surface area contributed by atoms with Gasteiger partial charge in [-0.05, 0) is 78.6 Å². The number of carbonyl (C=O) groups is 2. The first-order chi connectivity index (χ1) is 19.9. The van der Waals surface area contributed by atoms with Crippen molar-refractivity contribution in [1.29, 1.82) is 0 Å². The van der Waals surface area contributed by atoms with Gasteiger partial charge >= 0.3 is 0 Å². The van der Waals surface area contributed by atoms with Crippen molar-refractivity contribution in [3.8, 4) is 11.5 Å². The second kappa shape index (κ2) is 14.7. The van der Waals surface area contributed by atoms with Gasteiger partial charge in [0.25, 0.3) is 5.91 Å². The number of carbonyl (C=O) groups excluding carboxylic acids is 2. The number of hydrogen-bond donors (Lipinski definition) is 2. The number of aryl methyl sites for hydroxylation is 1. The molecule has 0 unspecified atom stereocenters. The van der Waals surface area contributed by atoms with Crippen LogP contribution in [0, 0.1) is 6.92 Å². The van der Waals surface area contributed by atoms with E-state index < -0.39 is 0 Å². The van der Waals surface area contributed by atoms with Crippen molar-refractivity contribution in [3.63, 3.8) is 0 Å². The zero-order valence-electron chi connectivity index (χ0n) is 24.8. The Kier molecular flexibility index (Phi) is 10.8. The van der Waals surface area contributed by atoms with Crippen molar-refractivity contribution in [2.75, 3.05) is 26.8 Å². The second-order valence-corrected chi connectivity index (χ2v) is 11.0. The number of hydrogen-bond acceptors (Lipinski definition) is 5. The summed E-state index contributed by atoms with van der Waals surface area (Å²) in [7, 11) is 1.69. The molecular formula is C34H43N3O4. The maximum Gasteiger partial charge on any atom is 0.252 e. The Morgan fingerprint density at radius 1 is 1.05 bits per heavy atom. The van der Waals surface area contributed by atoms with E-state index in [1.165, 1.54) is 0 Å². The smallest absolute Gasteiger partial charge is 0.252 e. The molecule has 0 aromatic heterocycles. The lowest BCUT2D eigenvalue weighted by atomic mass is 9.96. The van der Waals surface area contributed by atoms with Gasteiger partial charge in [0, 0.05) is 37.3 Å². The topological polar surface area (TPSA) is 79.9 Å². The lowest BCUT2D eigenvalue weighted by Gasteiger charge is -2.25. The molecule has 0 saturated heterocycles. The normalized spacial score (nSPS) is 15.0. The maximum absolute atomic E-state index is 13.7. The lowest BCUT2D eigenvalue weighted by molar-refractivity contribution is -0.122. The lowest BCUT2D eigenvalue weighted by Crippen LogP contribution is -2.37. The molecule has 0 aliphatic carbocycles. The maximum atomic E-state index is 13.7. The van der Waals surface area contributed by atoms with E-state index in [1.54, 1.807) is 7.11 Å². The van der Waals surface area contributed by atoms with E-state index in [2.05, 4.69) is 47.6 Å². The Balaban J connectivity index is 1.62. The van der Waals surface area contributed by atoms with Crippen molar-refractivity contribution in [2.24, 2.45) is 0 Å². The first-order valence-corrected chi connectivity index (χ1v) is 14.6. The summed E-state index contributed by atoms with van der Waals surface area (Å²) < 4.78 is 11.8. The van der Waals surface area contributed by atoms with E-state index in [1.807, 2.05) is 49.4 Å². The van der Waals surface area contributed by atoms with Crippen LogP contribution in [-0.2, 0) is 24.4 Å².